The van der Waals surface area contributed by atoms with Gasteiger partial charge in [0.25, 0.3) is 0 Å². The summed E-state index contributed by atoms with van der Waals surface area (Å²) in [6.45, 7) is 0. The fourth-order valence-corrected chi connectivity index (χ4v) is 0.570. The van der Waals surface area contributed by atoms with Gasteiger partial charge in [0.1, 0.15) is 0 Å². The molecule has 2 aliphatic rings. The predicted molar refractivity (Wildman–Crippen MR) is 20.9 cm³/mol. The molecule has 0 bridgehead atoms. The molecule has 0 saturated heterocycles. The fraction of sp³-hybridized carbons (Fsp3) is 0.500. The molecule has 0 aromatic carbocycles. The van der Waals surface area contributed by atoms with E-state index >= 15 is 0 Å². The van der Waals surface area contributed by atoms with E-state index in [0.717, 1.165) is 12.5 Å². The molecule has 1 unspecified atom stereocenters. The van der Waals surface area contributed by atoms with E-state index in [-0.39, 0.29) is 0 Å². The topological polar surface area (TPSA) is 21.6 Å². The Morgan fingerprint density at radius 1 is 2.00 bits per heavy atom. The van der Waals surface area contributed by atoms with Gasteiger partial charge in [-0.25, -0.2) is 0 Å². The molecular weight excluding hydrogens is 78.0 g/mol. The van der Waals surface area contributed by atoms with Gasteiger partial charge in [0.15, 0.2) is 6.10 Å². The van der Waals surface area contributed by atoms with E-state index in [4.69, 9.17) is 4.84 Å². The molecule has 0 spiro atoms. The maximum atomic E-state index is 4.71. The van der Waals surface area contributed by atoms with Crippen molar-refractivity contribution in [1.29, 1.82) is 0 Å². The highest BCUT2D eigenvalue weighted by molar-refractivity contribution is 5.70. The summed E-state index contributed by atoms with van der Waals surface area (Å²) < 4.78 is 0. The fourth-order valence-electron chi connectivity index (χ4n) is 0.570. The van der Waals surface area contributed by atoms with Crippen LogP contribution in [0.4, 0.5) is 0 Å². The largest absolute Gasteiger partial charge is 0.384 e. The minimum atomic E-state index is 0.616. The van der Waals surface area contributed by atoms with Gasteiger partial charge < -0.3 is 4.84 Å². The lowest BCUT2D eigenvalue weighted by Gasteiger charge is -1.79. The first kappa shape index (κ1) is 2.61. The molecule has 6 heavy (non-hydrogen) atoms. The van der Waals surface area contributed by atoms with Crippen LogP contribution in [0.2, 0.25) is 0 Å². The second kappa shape index (κ2) is 0.600. The van der Waals surface area contributed by atoms with E-state index in [9.17, 15) is 0 Å². The normalized spacial score (nSPS) is 39.0. The first-order valence-electron chi connectivity index (χ1n) is 2.03. The van der Waals surface area contributed by atoms with Crippen LogP contribution in [0, 0.1) is 12.0 Å². The van der Waals surface area contributed by atoms with Crippen LogP contribution in [0.1, 0.15) is 6.42 Å². The first-order chi connectivity index (χ1) is 2.97. The molecule has 1 fully saturated rings. The Hall–Kier alpha value is -0.530. The summed E-state index contributed by atoms with van der Waals surface area (Å²) in [5, 5.41) is 3.55. The van der Waals surface area contributed by atoms with Gasteiger partial charge in [0.05, 0.1) is 6.21 Å². The summed E-state index contributed by atoms with van der Waals surface area (Å²) in [6.07, 6.45) is 4.12. The van der Waals surface area contributed by atoms with Crippen molar-refractivity contribution >= 4 is 6.21 Å². The number of rotatable bonds is 0. The van der Waals surface area contributed by atoms with E-state index in [1.165, 1.54) is 0 Å². The van der Waals surface area contributed by atoms with Crippen molar-refractivity contribution in [1.82, 2.24) is 0 Å². The van der Waals surface area contributed by atoms with Crippen LogP contribution in [0.5, 0.6) is 0 Å². The Balaban J connectivity index is 2.26. The van der Waals surface area contributed by atoms with Gasteiger partial charge in [0.2, 0.25) is 0 Å². The monoisotopic (exact) mass is 82.0 g/mol. The number of fused-ring (bicyclic) bond motifs is 1. The minimum Gasteiger partial charge on any atom is -0.384 e. The number of hydrogen-bond acceptors (Lipinski definition) is 2. The Morgan fingerprint density at radius 2 is 3.00 bits per heavy atom. The van der Waals surface area contributed by atoms with Crippen molar-refractivity contribution in [3.05, 3.63) is 6.10 Å². The SMILES string of the molecule is C1=NO[C]2CC12. The molecule has 1 saturated carbocycles. The van der Waals surface area contributed by atoms with Crippen molar-refractivity contribution in [2.75, 3.05) is 0 Å². The second-order valence-electron chi connectivity index (χ2n) is 1.62. The van der Waals surface area contributed by atoms with Crippen LogP contribution in [-0.2, 0) is 4.84 Å². The lowest BCUT2D eigenvalue weighted by molar-refractivity contribution is 0.212. The van der Waals surface area contributed by atoms with Crippen molar-refractivity contribution in [2.24, 2.45) is 11.1 Å². The highest BCUT2D eigenvalue weighted by Crippen LogP contribution is 2.43. The third kappa shape index (κ3) is 0.161. The lowest BCUT2D eigenvalue weighted by Crippen LogP contribution is -1.65. The molecule has 1 atom stereocenters. The van der Waals surface area contributed by atoms with Gasteiger partial charge in [-0.2, -0.15) is 0 Å². The van der Waals surface area contributed by atoms with Crippen LogP contribution >= 0.6 is 0 Å². The van der Waals surface area contributed by atoms with E-state index in [2.05, 4.69) is 5.16 Å². The Morgan fingerprint density at radius 3 is 3.17 bits per heavy atom. The molecule has 1 radical (unpaired) electrons. The minimum absolute atomic E-state index is 0.616. The van der Waals surface area contributed by atoms with Crippen LogP contribution in [-0.4, -0.2) is 6.21 Å². The summed E-state index contributed by atoms with van der Waals surface area (Å²) in [4.78, 5) is 4.71. The Kier molecular flexibility index (Phi) is 0.261. The summed E-state index contributed by atoms with van der Waals surface area (Å²) in [6, 6.07) is 0. The first-order valence-corrected chi connectivity index (χ1v) is 2.03. The van der Waals surface area contributed by atoms with Gasteiger partial charge in [-0.3, -0.25) is 0 Å². The van der Waals surface area contributed by atoms with Crippen molar-refractivity contribution in [2.45, 2.75) is 6.42 Å². The number of oxime groups is 1. The van der Waals surface area contributed by atoms with Crippen molar-refractivity contribution < 1.29 is 4.84 Å². The maximum Gasteiger partial charge on any atom is 0.188 e. The maximum absolute atomic E-state index is 4.71. The lowest BCUT2D eigenvalue weighted by atomic mass is 10.5. The van der Waals surface area contributed by atoms with E-state index in [0.29, 0.717) is 5.92 Å². The third-order valence-corrected chi connectivity index (χ3v) is 1.09. The van der Waals surface area contributed by atoms with E-state index < -0.39 is 0 Å². The molecule has 31 valence electrons. The predicted octanol–water partition coefficient (Wildman–Crippen LogP) is 0.554. The van der Waals surface area contributed by atoms with Crippen LogP contribution in [0.15, 0.2) is 5.16 Å². The molecule has 0 aromatic heterocycles. The van der Waals surface area contributed by atoms with Crippen LogP contribution in [0.25, 0.3) is 0 Å². The number of nitrogens with zero attached hydrogens (tertiary/aromatic N) is 1. The Labute approximate surface area is 35.8 Å². The summed E-state index contributed by atoms with van der Waals surface area (Å²) in [5.74, 6) is 0.616. The zero-order chi connectivity index (χ0) is 3.98. The molecule has 1 heterocycles. The molecule has 0 aromatic rings. The average Bonchev–Trinajstić information content (AvgIpc) is 2.17. The van der Waals surface area contributed by atoms with Crippen LogP contribution in [0.3, 0.4) is 0 Å². The molecule has 1 aliphatic carbocycles. The van der Waals surface area contributed by atoms with Gasteiger partial charge in [-0.15, -0.1) is 0 Å². The van der Waals surface area contributed by atoms with Crippen LogP contribution < -0.4 is 0 Å². The quantitative estimate of drug-likeness (QED) is 0.418. The standard InChI is InChI=1S/C4H4NO/c1-3-2-5-6-4(1)3/h2-3H,1H2. The van der Waals surface area contributed by atoms with E-state index in [1.807, 2.05) is 6.21 Å². The average molecular weight is 82.1 g/mol. The smallest absolute Gasteiger partial charge is 0.188 e. The molecule has 2 nitrogen and oxygen atoms in total. The second-order valence-corrected chi connectivity index (χ2v) is 1.62. The Bertz CT molecular complexity index is 99.7. The molecule has 1 aliphatic heterocycles. The number of hydrogen-bond donors (Lipinski definition) is 0. The summed E-state index contributed by atoms with van der Waals surface area (Å²) in [5.41, 5.74) is 0. The zero-order valence-corrected chi connectivity index (χ0v) is 3.22. The molecule has 2 heteroatoms. The van der Waals surface area contributed by atoms with Crippen molar-refractivity contribution in [3.8, 4) is 0 Å². The molecule has 0 amide bonds. The van der Waals surface area contributed by atoms with E-state index in [1.54, 1.807) is 0 Å². The third-order valence-electron chi connectivity index (χ3n) is 1.09. The highest BCUT2D eigenvalue weighted by Gasteiger charge is 2.44. The highest BCUT2D eigenvalue weighted by atomic mass is 16.6. The zero-order valence-electron chi connectivity index (χ0n) is 3.22. The van der Waals surface area contributed by atoms with Gasteiger partial charge in [-0.05, 0) is 0 Å². The van der Waals surface area contributed by atoms with Gasteiger partial charge in [-0.1, -0.05) is 5.16 Å². The summed E-state index contributed by atoms with van der Waals surface area (Å²) in [7, 11) is 0. The molecule has 2 rings (SSSR count). The van der Waals surface area contributed by atoms with Gasteiger partial charge >= 0.3 is 0 Å². The van der Waals surface area contributed by atoms with Crippen molar-refractivity contribution in [3.63, 3.8) is 0 Å². The summed E-state index contributed by atoms with van der Waals surface area (Å²) >= 11 is 0. The molecule has 0 N–H and O–H groups in total. The van der Waals surface area contributed by atoms with Gasteiger partial charge in [0, 0.05) is 12.3 Å². The molecular formula is C4H4NO.